The summed E-state index contributed by atoms with van der Waals surface area (Å²) in [6.07, 6.45) is 0. The number of thioether (sulfide) groups is 1. The average Bonchev–Trinajstić information content (AvgIpc) is 3.09. The number of anilines is 1. The molecule has 0 spiro atoms. The molecule has 28 heavy (non-hydrogen) atoms. The molecule has 5 nitrogen and oxygen atoms in total. The zero-order valence-electron chi connectivity index (χ0n) is 16.8. The van der Waals surface area contributed by atoms with E-state index >= 15 is 0 Å². The summed E-state index contributed by atoms with van der Waals surface area (Å²) in [5.74, 6) is 1.06. The Hall–Kier alpha value is -2.60. The van der Waals surface area contributed by atoms with E-state index in [1.807, 2.05) is 34.9 Å². The van der Waals surface area contributed by atoms with Crippen molar-refractivity contribution in [3.8, 4) is 11.4 Å². The molecule has 0 saturated carbocycles. The van der Waals surface area contributed by atoms with Crippen molar-refractivity contribution in [1.29, 1.82) is 0 Å². The lowest BCUT2D eigenvalue weighted by molar-refractivity contribution is -0.113. The molecule has 0 aliphatic rings. The van der Waals surface area contributed by atoms with Crippen molar-refractivity contribution < 1.29 is 4.79 Å². The highest BCUT2D eigenvalue weighted by molar-refractivity contribution is 7.99. The van der Waals surface area contributed by atoms with Gasteiger partial charge in [0.2, 0.25) is 5.91 Å². The topological polar surface area (TPSA) is 59.8 Å². The van der Waals surface area contributed by atoms with Crippen molar-refractivity contribution in [2.24, 2.45) is 0 Å². The Kier molecular flexibility index (Phi) is 6.19. The Bertz CT molecular complexity index is 927. The number of benzene rings is 2. The monoisotopic (exact) mass is 394 g/mol. The van der Waals surface area contributed by atoms with Crippen molar-refractivity contribution >= 4 is 23.4 Å². The van der Waals surface area contributed by atoms with E-state index in [0.29, 0.717) is 0 Å². The van der Waals surface area contributed by atoms with Crippen LogP contribution in [0.15, 0.2) is 59.8 Å². The SMILES string of the molecule is CCn1c(SCC(=O)Nc2ccccc2)nnc1-c1ccc(C(C)(C)C)cc1. The van der Waals surface area contributed by atoms with Gasteiger partial charge in [-0.25, -0.2) is 0 Å². The van der Waals surface area contributed by atoms with E-state index in [4.69, 9.17) is 0 Å². The van der Waals surface area contributed by atoms with Crippen molar-refractivity contribution in [2.45, 2.75) is 44.8 Å². The molecule has 0 radical (unpaired) electrons. The lowest BCUT2D eigenvalue weighted by Gasteiger charge is -2.19. The lowest BCUT2D eigenvalue weighted by atomic mass is 9.87. The summed E-state index contributed by atoms with van der Waals surface area (Å²) >= 11 is 1.40. The smallest absolute Gasteiger partial charge is 0.234 e. The van der Waals surface area contributed by atoms with Gasteiger partial charge in [-0.1, -0.05) is 75.0 Å². The maximum Gasteiger partial charge on any atom is 0.234 e. The van der Waals surface area contributed by atoms with Gasteiger partial charge in [-0.3, -0.25) is 4.79 Å². The highest BCUT2D eigenvalue weighted by Crippen LogP contribution is 2.27. The van der Waals surface area contributed by atoms with Gasteiger partial charge in [0.05, 0.1) is 5.75 Å². The van der Waals surface area contributed by atoms with Gasteiger partial charge in [0.25, 0.3) is 0 Å². The molecule has 3 aromatic rings. The largest absolute Gasteiger partial charge is 0.325 e. The van der Waals surface area contributed by atoms with Gasteiger partial charge in [0.15, 0.2) is 11.0 Å². The molecule has 0 bridgehead atoms. The molecule has 6 heteroatoms. The highest BCUT2D eigenvalue weighted by atomic mass is 32.2. The maximum absolute atomic E-state index is 12.2. The number of hydrogen-bond donors (Lipinski definition) is 1. The number of nitrogens with one attached hydrogen (secondary N) is 1. The molecule has 0 atom stereocenters. The molecule has 146 valence electrons. The second-order valence-electron chi connectivity index (χ2n) is 7.58. The van der Waals surface area contributed by atoms with Crippen molar-refractivity contribution in [3.63, 3.8) is 0 Å². The second-order valence-corrected chi connectivity index (χ2v) is 8.52. The van der Waals surface area contributed by atoms with Gasteiger partial charge in [-0.2, -0.15) is 0 Å². The van der Waals surface area contributed by atoms with Crippen LogP contribution in [0.4, 0.5) is 5.69 Å². The molecule has 0 aliphatic carbocycles. The zero-order valence-corrected chi connectivity index (χ0v) is 17.6. The molecule has 3 rings (SSSR count). The van der Waals surface area contributed by atoms with Crippen molar-refractivity contribution in [2.75, 3.05) is 11.1 Å². The van der Waals surface area contributed by atoms with E-state index in [1.54, 1.807) is 0 Å². The molecule has 0 fully saturated rings. The molecule has 1 heterocycles. The fraction of sp³-hybridized carbons (Fsp3) is 0.318. The van der Waals surface area contributed by atoms with Gasteiger partial charge in [0, 0.05) is 17.8 Å². The first kappa shape index (κ1) is 20.1. The van der Waals surface area contributed by atoms with Crippen LogP contribution in [0.2, 0.25) is 0 Å². The third-order valence-corrected chi connectivity index (χ3v) is 5.40. The van der Waals surface area contributed by atoms with Gasteiger partial charge in [0.1, 0.15) is 0 Å². The first-order valence-electron chi connectivity index (χ1n) is 9.40. The predicted octanol–water partition coefficient (Wildman–Crippen LogP) is 4.99. The third-order valence-electron chi connectivity index (χ3n) is 4.43. The summed E-state index contributed by atoms with van der Waals surface area (Å²) in [4.78, 5) is 12.2. The fourth-order valence-corrected chi connectivity index (χ4v) is 3.66. The predicted molar refractivity (Wildman–Crippen MR) is 116 cm³/mol. The highest BCUT2D eigenvalue weighted by Gasteiger charge is 2.17. The summed E-state index contributed by atoms with van der Waals surface area (Å²) in [7, 11) is 0. The first-order valence-corrected chi connectivity index (χ1v) is 10.4. The number of hydrogen-bond acceptors (Lipinski definition) is 4. The van der Waals surface area contributed by atoms with Crippen LogP contribution >= 0.6 is 11.8 Å². The number of carbonyl (C=O) groups excluding carboxylic acids is 1. The minimum atomic E-state index is -0.0575. The molecule has 0 aliphatic heterocycles. The van der Waals surface area contributed by atoms with Gasteiger partial charge >= 0.3 is 0 Å². The van der Waals surface area contributed by atoms with Crippen LogP contribution in [0.5, 0.6) is 0 Å². The van der Waals surface area contributed by atoms with Crippen LogP contribution in [0.1, 0.15) is 33.3 Å². The third kappa shape index (κ3) is 4.81. The Morgan fingerprint density at radius 1 is 1.04 bits per heavy atom. The van der Waals surface area contributed by atoms with Crippen LogP contribution in [0, 0.1) is 0 Å². The molecule has 1 amide bonds. The normalized spacial score (nSPS) is 11.4. The van der Waals surface area contributed by atoms with Gasteiger partial charge < -0.3 is 9.88 Å². The standard InChI is InChI=1S/C22H26N4OS/c1-5-26-20(16-11-13-17(14-12-16)22(2,3)4)24-25-21(26)28-15-19(27)23-18-9-7-6-8-10-18/h6-14H,5,15H2,1-4H3,(H,23,27). The fourth-order valence-electron chi connectivity index (χ4n) is 2.86. The van der Waals surface area contributed by atoms with Crippen LogP contribution in [-0.4, -0.2) is 26.4 Å². The minimum Gasteiger partial charge on any atom is -0.325 e. The lowest BCUT2D eigenvalue weighted by Crippen LogP contribution is -2.14. The van der Waals surface area contributed by atoms with Crippen LogP contribution in [0.3, 0.4) is 0 Å². The van der Waals surface area contributed by atoms with Crippen molar-refractivity contribution in [3.05, 3.63) is 60.2 Å². The van der Waals surface area contributed by atoms with E-state index in [2.05, 4.69) is 67.5 Å². The molecule has 0 saturated heterocycles. The molecular weight excluding hydrogens is 368 g/mol. The number of amides is 1. The first-order chi connectivity index (χ1) is 13.4. The van der Waals surface area contributed by atoms with E-state index in [-0.39, 0.29) is 17.1 Å². The number of para-hydroxylation sites is 1. The maximum atomic E-state index is 12.2. The van der Waals surface area contributed by atoms with E-state index in [9.17, 15) is 4.79 Å². The summed E-state index contributed by atoms with van der Waals surface area (Å²) in [5.41, 5.74) is 3.22. The summed E-state index contributed by atoms with van der Waals surface area (Å²) < 4.78 is 2.05. The van der Waals surface area contributed by atoms with Gasteiger partial charge in [-0.15, -0.1) is 10.2 Å². The Morgan fingerprint density at radius 2 is 1.71 bits per heavy atom. The Morgan fingerprint density at radius 3 is 2.32 bits per heavy atom. The van der Waals surface area contributed by atoms with E-state index in [1.165, 1.54) is 17.3 Å². The van der Waals surface area contributed by atoms with Crippen LogP contribution < -0.4 is 5.32 Å². The Balaban J connectivity index is 1.70. The van der Waals surface area contributed by atoms with Gasteiger partial charge in [-0.05, 0) is 30.0 Å². The summed E-state index contributed by atoms with van der Waals surface area (Å²) in [6, 6.07) is 17.9. The average molecular weight is 395 g/mol. The number of aromatic nitrogens is 3. The quantitative estimate of drug-likeness (QED) is 0.598. The van der Waals surface area contributed by atoms with Crippen molar-refractivity contribution in [1.82, 2.24) is 14.8 Å². The molecule has 1 N–H and O–H groups in total. The number of nitrogens with zero attached hydrogens (tertiary/aromatic N) is 3. The molecular formula is C22H26N4OS. The second kappa shape index (κ2) is 8.61. The van der Waals surface area contributed by atoms with Crippen LogP contribution in [0.25, 0.3) is 11.4 Å². The van der Waals surface area contributed by atoms with Crippen LogP contribution in [-0.2, 0) is 16.8 Å². The molecule has 1 aromatic heterocycles. The van der Waals surface area contributed by atoms with E-state index < -0.39 is 0 Å². The zero-order chi connectivity index (χ0) is 20.1. The molecule has 0 unspecified atom stereocenters. The minimum absolute atomic E-state index is 0.0575. The molecule has 2 aromatic carbocycles. The summed E-state index contributed by atoms with van der Waals surface area (Å²) in [6.45, 7) is 9.40. The number of carbonyl (C=O) groups is 1. The Labute approximate surface area is 170 Å². The summed E-state index contributed by atoms with van der Waals surface area (Å²) in [5, 5.41) is 12.3. The van der Waals surface area contributed by atoms with E-state index in [0.717, 1.165) is 28.8 Å². The number of rotatable bonds is 6.